The zero-order chi connectivity index (χ0) is 12.4. The molecule has 1 aromatic carbocycles. The van der Waals surface area contributed by atoms with Gasteiger partial charge in [-0.15, -0.1) is 11.8 Å². The van der Waals surface area contributed by atoms with Gasteiger partial charge in [0.25, 0.3) is 0 Å². The number of carbonyl (C=O) groups is 1. The zero-order valence-corrected chi connectivity index (χ0v) is 11.1. The second-order valence-corrected chi connectivity index (χ2v) is 5.77. The first-order valence-corrected chi connectivity index (χ1v) is 6.83. The Kier molecular flexibility index (Phi) is 3.74. The van der Waals surface area contributed by atoms with Gasteiger partial charge in [0.1, 0.15) is 0 Å². The van der Waals surface area contributed by atoms with Crippen LogP contribution < -0.4 is 10.6 Å². The third kappa shape index (κ3) is 2.48. The van der Waals surface area contributed by atoms with Crippen molar-refractivity contribution >= 4 is 23.4 Å². The van der Waals surface area contributed by atoms with Gasteiger partial charge in [-0.2, -0.15) is 0 Å². The molecular formula is C13H18N2OS. The van der Waals surface area contributed by atoms with Gasteiger partial charge >= 0.3 is 0 Å². The normalized spacial score (nSPS) is 19.0. The van der Waals surface area contributed by atoms with Gasteiger partial charge < -0.3 is 10.6 Å². The van der Waals surface area contributed by atoms with Crippen molar-refractivity contribution in [1.82, 2.24) is 0 Å². The van der Waals surface area contributed by atoms with E-state index in [9.17, 15) is 4.79 Å². The number of carbonyl (C=O) groups excluding carboxylic acids is 1. The van der Waals surface area contributed by atoms with Crippen molar-refractivity contribution in [3.63, 3.8) is 0 Å². The monoisotopic (exact) mass is 250 g/mol. The lowest BCUT2D eigenvalue weighted by Gasteiger charge is -2.32. The zero-order valence-electron chi connectivity index (χ0n) is 10.3. The van der Waals surface area contributed by atoms with Crippen LogP contribution in [0.1, 0.15) is 19.4 Å². The summed E-state index contributed by atoms with van der Waals surface area (Å²) in [6.07, 6.45) is 1.02. The van der Waals surface area contributed by atoms with Crippen molar-refractivity contribution < 1.29 is 4.79 Å². The molecule has 4 heteroatoms. The average molecular weight is 250 g/mol. The summed E-state index contributed by atoms with van der Waals surface area (Å²) < 4.78 is 0. The highest BCUT2D eigenvalue weighted by Gasteiger charge is 2.26. The van der Waals surface area contributed by atoms with Crippen LogP contribution in [0.4, 0.5) is 5.69 Å². The molecule has 1 unspecified atom stereocenters. The maximum atomic E-state index is 11.8. The fourth-order valence-electron chi connectivity index (χ4n) is 2.05. The quantitative estimate of drug-likeness (QED) is 0.873. The van der Waals surface area contributed by atoms with E-state index in [2.05, 4.69) is 26.0 Å². The molecule has 92 valence electrons. The maximum Gasteiger partial charge on any atom is 0.240 e. The fourth-order valence-corrected chi connectivity index (χ4v) is 3.23. The van der Waals surface area contributed by atoms with Crippen LogP contribution in [0.5, 0.6) is 0 Å². The topological polar surface area (TPSA) is 46.3 Å². The Bertz CT molecular complexity index is 433. The van der Waals surface area contributed by atoms with E-state index in [-0.39, 0.29) is 12.5 Å². The lowest BCUT2D eigenvalue weighted by atomic mass is 10.1. The molecule has 3 nitrogen and oxygen atoms in total. The molecule has 1 amide bonds. The number of hydrogen-bond acceptors (Lipinski definition) is 3. The molecule has 1 atom stereocenters. The van der Waals surface area contributed by atoms with Gasteiger partial charge in [-0.05, 0) is 24.1 Å². The lowest BCUT2D eigenvalue weighted by molar-refractivity contribution is -0.117. The molecule has 1 heterocycles. The number of amides is 1. The molecule has 17 heavy (non-hydrogen) atoms. The summed E-state index contributed by atoms with van der Waals surface area (Å²) in [5, 5.41) is 0.421. The molecular weight excluding hydrogens is 232 g/mol. The number of nitrogens with zero attached hydrogens (tertiary/aromatic N) is 1. The third-order valence-corrected chi connectivity index (χ3v) is 4.10. The number of fused-ring (bicyclic) bond motifs is 1. The van der Waals surface area contributed by atoms with Crippen LogP contribution in [0.15, 0.2) is 23.1 Å². The first-order chi connectivity index (χ1) is 8.15. The standard InChI is InChI=1S/C13H18N2OS/c1-3-10-4-5-11-12(6-10)17-9(2)8-15(11)13(16)7-14/h4-6,9H,3,7-8,14H2,1-2H3. The molecule has 0 radical (unpaired) electrons. The van der Waals surface area contributed by atoms with E-state index < -0.39 is 0 Å². The molecule has 1 aliphatic rings. The Morgan fingerprint density at radius 2 is 2.35 bits per heavy atom. The molecule has 0 saturated carbocycles. The molecule has 2 N–H and O–H groups in total. The Morgan fingerprint density at radius 3 is 3.00 bits per heavy atom. The summed E-state index contributed by atoms with van der Waals surface area (Å²) in [5.74, 6) is 0.00245. The predicted molar refractivity (Wildman–Crippen MR) is 72.5 cm³/mol. The number of anilines is 1. The van der Waals surface area contributed by atoms with Gasteiger partial charge in [0.05, 0.1) is 12.2 Å². The van der Waals surface area contributed by atoms with Crippen LogP contribution in [0.25, 0.3) is 0 Å². The minimum atomic E-state index is 0.00245. The van der Waals surface area contributed by atoms with E-state index in [4.69, 9.17) is 5.73 Å². The third-order valence-electron chi connectivity index (χ3n) is 2.97. The predicted octanol–water partition coefficient (Wildman–Crippen LogP) is 2.03. The van der Waals surface area contributed by atoms with E-state index in [0.717, 1.165) is 18.7 Å². The largest absolute Gasteiger partial charge is 0.322 e. The molecule has 0 aromatic heterocycles. The molecule has 1 aromatic rings. The Hall–Kier alpha value is -1.00. The van der Waals surface area contributed by atoms with Gasteiger partial charge in [-0.1, -0.05) is 19.9 Å². The summed E-state index contributed by atoms with van der Waals surface area (Å²) in [6.45, 7) is 5.11. The van der Waals surface area contributed by atoms with Gasteiger partial charge in [-0.25, -0.2) is 0 Å². The fraction of sp³-hybridized carbons (Fsp3) is 0.462. The van der Waals surface area contributed by atoms with Gasteiger partial charge in [0.15, 0.2) is 0 Å². The first-order valence-electron chi connectivity index (χ1n) is 5.95. The van der Waals surface area contributed by atoms with Gasteiger partial charge in [-0.3, -0.25) is 4.79 Å². The van der Waals surface area contributed by atoms with Crippen LogP contribution in [-0.4, -0.2) is 24.2 Å². The Balaban J connectivity index is 2.40. The van der Waals surface area contributed by atoms with Crippen LogP contribution in [-0.2, 0) is 11.2 Å². The highest BCUT2D eigenvalue weighted by Crippen LogP contribution is 2.38. The summed E-state index contributed by atoms with van der Waals surface area (Å²) >= 11 is 1.84. The molecule has 0 aliphatic carbocycles. The van der Waals surface area contributed by atoms with Crippen molar-refractivity contribution in [2.24, 2.45) is 5.73 Å². The SMILES string of the molecule is CCc1ccc2c(c1)SC(C)CN2C(=O)CN. The van der Waals surface area contributed by atoms with E-state index in [0.29, 0.717) is 5.25 Å². The molecule has 0 spiro atoms. The average Bonchev–Trinajstić information content (AvgIpc) is 2.35. The van der Waals surface area contributed by atoms with Crippen molar-refractivity contribution in [3.05, 3.63) is 23.8 Å². The van der Waals surface area contributed by atoms with Crippen LogP contribution in [0.2, 0.25) is 0 Å². The molecule has 0 fully saturated rings. The minimum Gasteiger partial charge on any atom is -0.322 e. The smallest absolute Gasteiger partial charge is 0.240 e. The molecule has 0 saturated heterocycles. The van der Waals surface area contributed by atoms with E-state index >= 15 is 0 Å². The van der Waals surface area contributed by atoms with Crippen molar-refractivity contribution in [2.75, 3.05) is 18.0 Å². The number of nitrogens with two attached hydrogens (primary N) is 1. The minimum absolute atomic E-state index is 0.00245. The number of thioether (sulfide) groups is 1. The summed E-state index contributed by atoms with van der Waals surface area (Å²) in [5.41, 5.74) is 7.79. The molecule has 1 aliphatic heterocycles. The van der Waals surface area contributed by atoms with Crippen molar-refractivity contribution in [1.29, 1.82) is 0 Å². The van der Waals surface area contributed by atoms with Crippen LogP contribution >= 0.6 is 11.8 Å². The highest BCUT2D eigenvalue weighted by molar-refractivity contribution is 8.00. The number of hydrogen-bond donors (Lipinski definition) is 1. The first kappa shape index (κ1) is 12.5. The van der Waals surface area contributed by atoms with E-state index in [1.54, 1.807) is 0 Å². The maximum absolute atomic E-state index is 11.8. The Labute approximate surface area is 106 Å². The second-order valence-electron chi connectivity index (χ2n) is 4.29. The highest BCUT2D eigenvalue weighted by atomic mass is 32.2. The number of rotatable bonds is 2. The second kappa shape index (κ2) is 5.10. The number of benzene rings is 1. The van der Waals surface area contributed by atoms with Gasteiger partial charge in [0, 0.05) is 16.7 Å². The van der Waals surface area contributed by atoms with Gasteiger partial charge in [0.2, 0.25) is 5.91 Å². The molecule has 0 bridgehead atoms. The Morgan fingerprint density at radius 1 is 1.59 bits per heavy atom. The summed E-state index contributed by atoms with van der Waals surface area (Å²) in [7, 11) is 0. The van der Waals surface area contributed by atoms with Crippen LogP contribution in [0.3, 0.4) is 0 Å². The van der Waals surface area contributed by atoms with Crippen molar-refractivity contribution in [2.45, 2.75) is 30.4 Å². The lowest BCUT2D eigenvalue weighted by Crippen LogP contribution is -2.41. The summed E-state index contributed by atoms with van der Waals surface area (Å²) in [4.78, 5) is 14.8. The number of aryl methyl sites for hydroxylation is 1. The van der Waals surface area contributed by atoms with E-state index in [1.165, 1.54) is 10.5 Å². The van der Waals surface area contributed by atoms with E-state index in [1.807, 2.05) is 22.7 Å². The summed E-state index contributed by atoms with van der Waals surface area (Å²) in [6, 6.07) is 6.32. The molecule has 2 rings (SSSR count). The van der Waals surface area contributed by atoms with Crippen LogP contribution in [0, 0.1) is 0 Å². The van der Waals surface area contributed by atoms with Crippen molar-refractivity contribution in [3.8, 4) is 0 Å².